The molecule has 0 spiro atoms. The van der Waals surface area contributed by atoms with E-state index in [1.165, 1.54) is 0 Å². The fourth-order valence-corrected chi connectivity index (χ4v) is 5.80. The fourth-order valence-electron chi connectivity index (χ4n) is 4.06. The second kappa shape index (κ2) is 11.8. The number of ether oxygens (including phenoxy) is 1. The summed E-state index contributed by atoms with van der Waals surface area (Å²) in [6, 6.07) is 6.94. The van der Waals surface area contributed by atoms with Gasteiger partial charge in [-0.15, -0.1) is 0 Å². The first-order valence-electron chi connectivity index (χ1n) is 12.4. The number of hydrogen-bond donors (Lipinski definition) is 1. The minimum Gasteiger partial charge on any atom is -0.444 e. The Bertz CT molecular complexity index is 1320. The van der Waals surface area contributed by atoms with Crippen LogP contribution >= 0.6 is 11.6 Å². The molecule has 1 heterocycles. The van der Waals surface area contributed by atoms with Gasteiger partial charge in [0, 0.05) is 11.4 Å². The smallest absolute Gasteiger partial charge is 0.408 e. The van der Waals surface area contributed by atoms with E-state index in [4.69, 9.17) is 16.3 Å². The summed E-state index contributed by atoms with van der Waals surface area (Å²) in [5.41, 5.74) is -0.705. The number of halogens is 2. The lowest BCUT2D eigenvalue weighted by atomic mass is 10.0. The molecule has 0 radical (unpaired) electrons. The monoisotopic (exact) mass is 566 g/mol. The van der Waals surface area contributed by atoms with Gasteiger partial charge < -0.3 is 15.0 Å². The molecule has 38 heavy (non-hydrogen) atoms. The Morgan fingerprint density at radius 1 is 1.16 bits per heavy atom. The number of sulfone groups is 1. The summed E-state index contributed by atoms with van der Waals surface area (Å²) in [4.78, 5) is 39.7. The van der Waals surface area contributed by atoms with Gasteiger partial charge in [0.15, 0.2) is 15.6 Å². The Balaban J connectivity index is 2.11. The number of carbonyl (C=O) groups excluding carboxylic acids is 3. The van der Waals surface area contributed by atoms with Crippen molar-refractivity contribution in [3.63, 3.8) is 0 Å². The van der Waals surface area contributed by atoms with E-state index >= 15 is 4.39 Å². The number of fused-ring (bicyclic) bond motifs is 1. The van der Waals surface area contributed by atoms with E-state index < -0.39 is 55.7 Å². The Hall–Kier alpha value is -2.98. The first-order valence-corrected chi connectivity index (χ1v) is 14.4. The first kappa shape index (κ1) is 29.6. The highest BCUT2D eigenvalue weighted by molar-refractivity contribution is 7.91. The van der Waals surface area contributed by atoms with Crippen molar-refractivity contribution in [2.24, 2.45) is 0 Å². The second-order valence-electron chi connectivity index (χ2n) is 10.2. The summed E-state index contributed by atoms with van der Waals surface area (Å²) in [7, 11) is -4.27. The number of alkyl carbamates (subject to hydrolysis) is 1. The van der Waals surface area contributed by atoms with Gasteiger partial charge >= 0.3 is 6.09 Å². The number of carbonyl (C=O) groups is 3. The van der Waals surface area contributed by atoms with Crippen LogP contribution in [0.3, 0.4) is 0 Å². The SMILES string of the molecule is CCCCCC(=O)c1cc2c(cc1F)S(=O)(=O)C[C@H](NC(=O)OC(C)(C)C)C(=O)N2Cc1ccc(Cl)cc1. The zero-order valence-electron chi connectivity index (χ0n) is 21.8. The first-order chi connectivity index (χ1) is 17.7. The summed E-state index contributed by atoms with van der Waals surface area (Å²) in [5, 5.41) is 2.82. The van der Waals surface area contributed by atoms with E-state index in [0.29, 0.717) is 17.0 Å². The molecule has 206 valence electrons. The van der Waals surface area contributed by atoms with Crippen molar-refractivity contribution in [1.82, 2.24) is 5.32 Å². The van der Waals surface area contributed by atoms with Crippen LogP contribution in [0, 0.1) is 5.82 Å². The number of rotatable bonds is 8. The lowest BCUT2D eigenvalue weighted by molar-refractivity contribution is -0.120. The lowest BCUT2D eigenvalue weighted by Crippen LogP contribution is -2.51. The number of ketones is 1. The van der Waals surface area contributed by atoms with Gasteiger partial charge in [0.1, 0.15) is 17.5 Å². The minimum absolute atomic E-state index is 0.0876. The third-order valence-corrected chi connectivity index (χ3v) is 7.90. The molecule has 2 amide bonds. The molecule has 2 aromatic rings. The number of unbranched alkanes of at least 4 members (excludes halogenated alkanes) is 2. The normalized spacial score (nSPS) is 16.9. The number of nitrogens with zero attached hydrogens (tertiary/aromatic N) is 1. The van der Waals surface area contributed by atoms with E-state index in [9.17, 15) is 22.8 Å². The molecule has 11 heteroatoms. The van der Waals surface area contributed by atoms with Gasteiger partial charge in [-0.1, -0.05) is 43.5 Å². The van der Waals surface area contributed by atoms with Gasteiger partial charge in [-0.05, 0) is 57.0 Å². The number of amides is 2. The van der Waals surface area contributed by atoms with Gasteiger partial charge in [0.2, 0.25) is 0 Å². The van der Waals surface area contributed by atoms with Crippen LogP contribution < -0.4 is 10.2 Å². The van der Waals surface area contributed by atoms with Crippen LogP contribution in [-0.4, -0.2) is 43.6 Å². The van der Waals surface area contributed by atoms with Gasteiger partial charge in [0.05, 0.1) is 28.4 Å². The number of Topliss-reactive ketones (excluding diaryl/α,β-unsaturated/α-hetero) is 1. The standard InChI is InChI=1S/C27H32ClFN2O6S/c1-5-6-7-8-23(32)19-13-22-24(14-20(19)29)38(35,36)16-21(30-26(34)37-27(2,3)4)25(33)31(22)15-17-9-11-18(28)12-10-17/h9-14,21H,5-8,15-16H2,1-4H3,(H,30,34)/t21-/m0/s1. The molecule has 0 fully saturated rings. The molecule has 0 unspecified atom stereocenters. The van der Waals surface area contributed by atoms with Crippen molar-refractivity contribution in [3.05, 3.63) is 58.4 Å². The average Bonchev–Trinajstić information content (AvgIpc) is 2.87. The zero-order chi connectivity index (χ0) is 28.3. The molecule has 1 N–H and O–H groups in total. The highest BCUT2D eigenvalue weighted by Crippen LogP contribution is 2.35. The van der Waals surface area contributed by atoms with Crippen molar-refractivity contribution in [1.29, 1.82) is 0 Å². The molecule has 0 aliphatic carbocycles. The van der Waals surface area contributed by atoms with Crippen molar-refractivity contribution in [3.8, 4) is 0 Å². The summed E-state index contributed by atoms with van der Waals surface area (Å²) in [5.74, 6) is -3.02. The molecule has 8 nitrogen and oxygen atoms in total. The summed E-state index contributed by atoms with van der Waals surface area (Å²) < 4.78 is 47.1. The predicted molar refractivity (Wildman–Crippen MR) is 143 cm³/mol. The Morgan fingerprint density at radius 2 is 1.82 bits per heavy atom. The molecule has 0 bridgehead atoms. The second-order valence-corrected chi connectivity index (χ2v) is 12.7. The molecular formula is C27H32ClFN2O6S. The zero-order valence-corrected chi connectivity index (χ0v) is 23.4. The maximum Gasteiger partial charge on any atom is 0.408 e. The number of hydrogen-bond acceptors (Lipinski definition) is 6. The topological polar surface area (TPSA) is 110 Å². The van der Waals surface area contributed by atoms with Crippen LogP contribution in [0.1, 0.15) is 69.3 Å². The molecule has 1 aliphatic heterocycles. The molecule has 1 aliphatic rings. The van der Waals surface area contributed by atoms with Crippen LogP contribution in [0.4, 0.5) is 14.9 Å². The fraction of sp³-hybridized carbons (Fsp3) is 0.444. The quantitative estimate of drug-likeness (QED) is 0.336. The van der Waals surface area contributed by atoms with Crippen LogP contribution in [0.15, 0.2) is 41.3 Å². The largest absolute Gasteiger partial charge is 0.444 e. The van der Waals surface area contributed by atoms with Crippen LogP contribution in [0.5, 0.6) is 0 Å². The van der Waals surface area contributed by atoms with E-state index in [0.717, 1.165) is 29.9 Å². The average molecular weight is 567 g/mol. The van der Waals surface area contributed by atoms with E-state index in [1.54, 1.807) is 45.0 Å². The highest BCUT2D eigenvalue weighted by Gasteiger charge is 2.40. The van der Waals surface area contributed by atoms with Gasteiger partial charge in [-0.25, -0.2) is 17.6 Å². The third-order valence-electron chi connectivity index (χ3n) is 5.88. The van der Waals surface area contributed by atoms with Gasteiger partial charge in [-0.2, -0.15) is 0 Å². The van der Waals surface area contributed by atoms with E-state index in [-0.39, 0.29) is 24.2 Å². The number of nitrogens with one attached hydrogen (secondary N) is 1. The van der Waals surface area contributed by atoms with Crippen molar-refractivity contribution in [2.75, 3.05) is 10.7 Å². The van der Waals surface area contributed by atoms with Crippen LogP contribution in [-0.2, 0) is 25.9 Å². The molecule has 0 aromatic heterocycles. The van der Waals surface area contributed by atoms with E-state index in [1.807, 2.05) is 6.92 Å². The van der Waals surface area contributed by atoms with Crippen LogP contribution in [0.2, 0.25) is 5.02 Å². The molecule has 2 aromatic carbocycles. The third kappa shape index (κ3) is 7.32. The minimum atomic E-state index is -4.27. The van der Waals surface area contributed by atoms with Crippen LogP contribution in [0.25, 0.3) is 0 Å². The molecular weight excluding hydrogens is 535 g/mol. The molecule has 0 saturated carbocycles. The maximum absolute atomic E-state index is 15.1. The maximum atomic E-state index is 15.1. The Morgan fingerprint density at radius 3 is 2.42 bits per heavy atom. The lowest BCUT2D eigenvalue weighted by Gasteiger charge is -2.27. The highest BCUT2D eigenvalue weighted by atomic mass is 35.5. The van der Waals surface area contributed by atoms with Crippen molar-refractivity contribution in [2.45, 2.75) is 76.5 Å². The number of benzene rings is 2. The number of anilines is 1. The molecule has 0 saturated heterocycles. The molecule has 1 atom stereocenters. The Labute approximate surface area is 227 Å². The van der Waals surface area contributed by atoms with Crippen molar-refractivity contribution >= 4 is 44.9 Å². The van der Waals surface area contributed by atoms with E-state index in [2.05, 4.69) is 5.32 Å². The summed E-state index contributed by atoms with van der Waals surface area (Å²) >= 11 is 5.99. The predicted octanol–water partition coefficient (Wildman–Crippen LogP) is 5.46. The van der Waals surface area contributed by atoms with Gasteiger partial charge in [0.25, 0.3) is 5.91 Å². The molecule has 3 rings (SSSR count). The Kier molecular flexibility index (Phi) is 9.20. The van der Waals surface area contributed by atoms with Gasteiger partial charge in [-0.3, -0.25) is 9.59 Å². The summed E-state index contributed by atoms with van der Waals surface area (Å²) in [6.07, 6.45) is 1.32. The summed E-state index contributed by atoms with van der Waals surface area (Å²) in [6.45, 7) is 6.74. The van der Waals surface area contributed by atoms with Crippen molar-refractivity contribution < 1.29 is 31.9 Å².